The molecule has 0 heterocycles. The van der Waals surface area contributed by atoms with E-state index in [0.29, 0.717) is 33.8 Å². The van der Waals surface area contributed by atoms with Gasteiger partial charge in [0.25, 0.3) is 0 Å². The first-order chi connectivity index (χ1) is 11.0. The smallest absolute Gasteiger partial charge is 0.124 e. The molecule has 0 spiro atoms. The van der Waals surface area contributed by atoms with Crippen LogP contribution in [-0.4, -0.2) is 34.6 Å². The number of aliphatic hydroxyl groups is 2. The van der Waals surface area contributed by atoms with E-state index in [9.17, 15) is 20.4 Å². The van der Waals surface area contributed by atoms with Crippen molar-refractivity contribution < 1.29 is 29.9 Å². The Hall–Kier alpha value is -2.44. The third kappa shape index (κ3) is 3.49. The lowest BCUT2D eigenvalue weighted by Crippen LogP contribution is -1.98. The largest absolute Gasteiger partial charge is 0.507 e. The summed E-state index contributed by atoms with van der Waals surface area (Å²) in [6.07, 6.45) is 0.187. The van der Waals surface area contributed by atoms with Crippen molar-refractivity contribution in [1.29, 1.82) is 0 Å². The molecule has 124 valence electrons. The minimum absolute atomic E-state index is 0.0546. The van der Waals surface area contributed by atoms with Crippen molar-refractivity contribution in [3.05, 3.63) is 46.5 Å². The summed E-state index contributed by atoms with van der Waals surface area (Å²) in [6, 6.07) is 6.35. The van der Waals surface area contributed by atoms with E-state index in [1.165, 1.54) is 14.2 Å². The zero-order valence-electron chi connectivity index (χ0n) is 13.0. The second-order valence-corrected chi connectivity index (χ2v) is 5.08. The minimum Gasteiger partial charge on any atom is -0.507 e. The van der Waals surface area contributed by atoms with E-state index in [-0.39, 0.29) is 31.1 Å². The van der Waals surface area contributed by atoms with Crippen LogP contribution < -0.4 is 9.47 Å². The van der Waals surface area contributed by atoms with Gasteiger partial charge in [0.2, 0.25) is 0 Å². The molecule has 0 aromatic heterocycles. The van der Waals surface area contributed by atoms with Crippen LogP contribution >= 0.6 is 0 Å². The summed E-state index contributed by atoms with van der Waals surface area (Å²) in [5, 5.41) is 39.1. The summed E-state index contributed by atoms with van der Waals surface area (Å²) < 4.78 is 10.3. The van der Waals surface area contributed by atoms with Gasteiger partial charge in [-0.1, -0.05) is 0 Å². The minimum atomic E-state index is -0.331. The van der Waals surface area contributed by atoms with Crippen LogP contribution in [0.3, 0.4) is 0 Å². The van der Waals surface area contributed by atoms with Gasteiger partial charge >= 0.3 is 0 Å². The van der Waals surface area contributed by atoms with E-state index in [2.05, 4.69) is 0 Å². The molecule has 0 aliphatic carbocycles. The Bertz CT molecular complexity index is 636. The van der Waals surface area contributed by atoms with Crippen LogP contribution in [0.25, 0.3) is 0 Å². The lowest BCUT2D eigenvalue weighted by molar-refractivity contribution is 0.274. The molecule has 23 heavy (non-hydrogen) atoms. The van der Waals surface area contributed by atoms with Gasteiger partial charge in [-0.15, -0.1) is 0 Å². The zero-order chi connectivity index (χ0) is 17.0. The van der Waals surface area contributed by atoms with Gasteiger partial charge in [0.1, 0.15) is 23.0 Å². The predicted octanol–water partition coefficient (Wildman–Crippen LogP) is 1.69. The van der Waals surface area contributed by atoms with E-state index in [1.807, 2.05) is 0 Å². The van der Waals surface area contributed by atoms with Gasteiger partial charge in [-0.3, -0.25) is 0 Å². The summed E-state index contributed by atoms with van der Waals surface area (Å²) in [6.45, 7) is -0.663. The summed E-state index contributed by atoms with van der Waals surface area (Å²) in [7, 11) is 2.98. The lowest BCUT2D eigenvalue weighted by atomic mass is 9.98. The van der Waals surface area contributed by atoms with Crippen LogP contribution in [-0.2, 0) is 19.6 Å². The van der Waals surface area contributed by atoms with Crippen molar-refractivity contribution in [3.63, 3.8) is 0 Å². The van der Waals surface area contributed by atoms with Gasteiger partial charge in [-0.05, 0) is 24.3 Å². The maximum Gasteiger partial charge on any atom is 0.124 e. The fraction of sp³-hybridized carbons (Fsp3) is 0.294. The molecule has 4 N–H and O–H groups in total. The average molecular weight is 320 g/mol. The van der Waals surface area contributed by atoms with Crippen molar-refractivity contribution in [2.45, 2.75) is 19.6 Å². The number of phenols is 2. The number of hydrogen-bond acceptors (Lipinski definition) is 6. The Morgan fingerprint density at radius 2 is 1.04 bits per heavy atom. The number of rotatable bonds is 6. The number of aliphatic hydroxyl groups excluding tert-OH is 2. The number of methoxy groups -OCH3 is 2. The van der Waals surface area contributed by atoms with E-state index < -0.39 is 0 Å². The first-order valence-corrected chi connectivity index (χ1v) is 7.03. The van der Waals surface area contributed by atoms with Crippen LogP contribution in [0.4, 0.5) is 0 Å². The second kappa shape index (κ2) is 7.21. The maximum atomic E-state index is 10.2. The molecule has 0 unspecified atom stereocenters. The van der Waals surface area contributed by atoms with Gasteiger partial charge in [0.05, 0.1) is 27.4 Å². The number of ether oxygens (including phenoxy) is 2. The van der Waals surface area contributed by atoms with Crippen molar-refractivity contribution >= 4 is 0 Å². The lowest BCUT2D eigenvalue weighted by Gasteiger charge is -2.14. The molecular weight excluding hydrogens is 300 g/mol. The maximum absolute atomic E-state index is 10.2. The number of benzene rings is 2. The molecular formula is C17H20O6. The van der Waals surface area contributed by atoms with Crippen molar-refractivity contribution in [3.8, 4) is 23.0 Å². The molecule has 2 aromatic rings. The van der Waals surface area contributed by atoms with Gasteiger partial charge in [-0.25, -0.2) is 0 Å². The van der Waals surface area contributed by atoms with E-state index >= 15 is 0 Å². The Morgan fingerprint density at radius 3 is 1.35 bits per heavy atom. The molecule has 0 atom stereocenters. The van der Waals surface area contributed by atoms with Gasteiger partial charge < -0.3 is 29.9 Å². The zero-order valence-corrected chi connectivity index (χ0v) is 13.0. The molecule has 6 heteroatoms. The molecule has 0 amide bonds. The van der Waals surface area contributed by atoms with Crippen LogP contribution in [0.15, 0.2) is 24.3 Å². The highest BCUT2D eigenvalue weighted by Gasteiger charge is 2.15. The summed E-state index contributed by atoms with van der Waals surface area (Å²) in [5.41, 5.74) is 1.65. The quantitative estimate of drug-likeness (QED) is 0.646. The Kier molecular flexibility index (Phi) is 5.31. The molecule has 2 rings (SSSR count). The molecule has 0 aliphatic heterocycles. The molecule has 6 nitrogen and oxygen atoms in total. The second-order valence-electron chi connectivity index (χ2n) is 5.08. The van der Waals surface area contributed by atoms with Crippen LogP contribution in [0.1, 0.15) is 22.3 Å². The fourth-order valence-corrected chi connectivity index (χ4v) is 2.41. The summed E-state index contributed by atoms with van der Waals surface area (Å²) in [5.74, 6) is 0.875. The third-order valence-electron chi connectivity index (χ3n) is 3.68. The number of hydrogen-bond donors (Lipinski definition) is 4. The molecule has 0 saturated carbocycles. The Balaban J connectivity index is 2.50. The van der Waals surface area contributed by atoms with Crippen molar-refractivity contribution in [2.24, 2.45) is 0 Å². The highest BCUT2D eigenvalue weighted by atomic mass is 16.5. The van der Waals surface area contributed by atoms with E-state index in [0.717, 1.165) is 0 Å². The standard InChI is InChI=1S/C17H20O6/c1-22-14-4-10(16(20)12(6-14)8-18)3-11-5-15(23-2)7-13(9-19)17(11)21/h4-7,18-21H,3,8-9H2,1-2H3. The molecule has 0 fully saturated rings. The molecule has 0 saturated heterocycles. The molecule has 0 radical (unpaired) electrons. The molecule has 0 bridgehead atoms. The van der Waals surface area contributed by atoms with Crippen molar-refractivity contribution in [1.82, 2.24) is 0 Å². The third-order valence-corrected chi connectivity index (χ3v) is 3.68. The Labute approximate surface area is 134 Å². The normalized spacial score (nSPS) is 10.6. The Morgan fingerprint density at radius 1 is 0.696 bits per heavy atom. The predicted molar refractivity (Wildman–Crippen MR) is 84.0 cm³/mol. The highest BCUT2D eigenvalue weighted by Crippen LogP contribution is 2.35. The van der Waals surface area contributed by atoms with Crippen LogP contribution in [0.5, 0.6) is 23.0 Å². The van der Waals surface area contributed by atoms with Crippen LogP contribution in [0, 0.1) is 0 Å². The SMILES string of the molecule is COc1cc(CO)c(O)c(Cc2cc(OC)cc(CO)c2O)c1. The first-order valence-electron chi connectivity index (χ1n) is 7.03. The summed E-state index contributed by atoms with van der Waals surface area (Å²) >= 11 is 0. The summed E-state index contributed by atoms with van der Waals surface area (Å²) in [4.78, 5) is 0. The highest BCUT2D eigenvalue weighted by molar-refractivity contribution is 5.52. The topological polar surface area (TPSA) is 99.4 Å². The van der Waals surface area contributed by atoms with Gasteiger partial charge in [0, 0.05) is 28.7 Å². The average Bonchev–Trinajstić information content (AvgIpc) is 2.58. The van der Waals surface area contributed by atoms with E-state index in [1.54, 1.807) is 24.3 Å². The van der Waals surface area contributed by atoms with Gasteiger partial charge in [-0.2, -0.15) is 0 Å². The van der Waals surface area contributed by atoms with Crippen molar-refractivity contribution in [2.75, 3.05) is 14.2 Å². The molecule has 2 aromatic carbocycles. The van der Waals surface area contributed by atoms with Crippen LogP contribution in [0.2, 0.25) is 0 Å². The number of aromatic hydroxyl groups is 2. The fourth-order valence-electron chi connectivity index (χ4n) is 2.41. The van der Waals surface area contributed by atoms with E-state index in [4.69, 9.17) is 9.47 Å². The first kappa shape index (κ1) is 16.9. The monoisotopic (exact) mass is 320 g/mol. The van der Waals surface area contributed by atoms with Gasteiger partial charge in [0.15, 0.2) is 0 Å². The molecule has 0 aliphatic rings.